The zero-order valence-electron chi connectivity index (χ0n) is 26.0. The molecule has 1 saturated carbocycles. The van der Waals surface area contributed by atoms with E-state index in [4.69, 9.17) is 4.99 Å². The van der Waals surface area contributed by atoms with E-state index >= 15 is 0 Å². The van der Waals surface area contributed by atoms with Gasteiger partial charge in [0, 0.05) is 40.0 Å². The summed E-state index contributed by atoms with van der Waals surface area (Å²) in [6, 6.07) is 31.2. The molecule has 4 aromatic rings. The van der Waals surface area contributed by atoms with E-state index in [9.17, 15) is 9.90 Å². The van der Waals surface area contributed by atoms with Gasteiger partial charge in [-0.1, -0.05) is 106 Å². The quantitative estimate of drug-likeness (QED) is 0.235. The first-order valence-electron chi connectivity index (χ1n) is 16.5. The molecule has 2 heterocycles. The van der Waals surface area contributed by atoms with Crippen LogP contribution >= 0.6 is 0 Å². The molecule has 8 rings (SSSR count). The Morgan fingerprint density at radius 3 is 2.29 bits per heavy atom. The molecule has 1 spiro atoms. The molecular formula is C41H38N2O2. The molecule has 0 bridgehead atoms. The largest absolute Gasteiger partial charge is 0.506 e. The summed E-state index contributed by atoms with van der Waals surface area (Å²) in [5.41, 5.74) is 8.56. The SMILES string of the molecule is CC(C)CCN1C(=CC2=C(O)C(=C3C(c4ccccc4)=Nc4ccccc43)C2=O)C2(CCCCC2)c2cc3ccccc3cc21. The standard InChI is InChI=1S/C41H38N2O2/c1-26(2)19-22-43-34-24-29-16-8-7-15-28(29)23-32(34)41(20-11-4-12-21-41)35(43)25-31-39(44)37(40(31)45)36-30-17-9-10-18-33(30)42-38(36)27-13-5-3-6-14-27/h3,5-10,13-18,23-26,44H,4,11-12,19-22H2,1-2H3. The second-order valence-corrected chi connectivity index (χ2v) is 13.4. The summed E-state index contributed by atoms with van der Waals surface area (Å²) >= 11 is 0. The van der Waals surface area contributed by atoms with Gasteiger partial charge in [0.2, 0.25) is 5.78 Å². The molecule has 2 aliphatic carbocycles. The smallest absolute Gasteiger partial charge is 0.201 e. The normalized spacial score (nSPS) is 21.1. The van der Waals surface area contributed by atoms with Crippen molar-refractivity contribution in [3.8, 4) is 0 Å². The van der Waals surface area contributed by atoms with Crippen molar-refractivity contribution in [1.29, 1.82) is 0 Å². The van der Waals surface area contributed by atoms with Crippen molar-refractivity contribution < 1.29 is 9.90 Å². The first kappa shape index (κ1) is 27.8. The molecule has 224 valence electrons. The molecule has 0 saturated heterocycles. The summed E-state index contributed by atoms with van der Waals surface area (Å²) in [6.07, 6.45) is 8.74. The number of aliphatic hydroxyl groups excluding tert-OH is 1. The zero-order chi connectivity index (χ0) is 30.7. The van der Waals surface area contributed by atoms with Crippen LogP contribution < -0.4 is 4.90 Å². The Bertz CT molecular complexity index is 1990. The summed E-state index contributed by atoms with van der Waals surface area (Å²) in [7, 11) is 0. The molecule has 0 aromatic heterocycles. The van der Waals surface area contributed by atoms with E-state index in [1.807, 2.05) is 54.6 Å². The van der Waals surface area contributed by atoms with Gasteiger partial charge in [-0.2, -0.15) is 0 Å². The van der Waals surface area contributed by atoms with Crippen molar-refractivity contribution in [3.05, 3.63) is 136 Å². The van der Waals surface area contributed by atoms with Crippen LogP contribution in [0.2, 0.25) is 0 Å². The average molecular weight is 591 g/mol. The molecule has 2 aliphatic heterocycles. The summed E-state index contributed by atoms with van der Waals surface area (Å²) in [6.45, 7) is 5.42. The van der Waals surface area contributed by atoms with Crippen LogP contribution in [0, 0.1) is 5.92 Å². The lowest BCUT2D eigenvalue weighted by atomic mass is 9.67. The van der Waals surface area contributed by atoms with Crippen LogP contribution in [0.1, 0.15) is 69.1 Å². The molecule has 1 fully saturated rings. The van der Waals surface area contributed by atoms with Gasteiger partial charge >= 0.3 is 0 Å². The fraction of sp³-hybridized carbons (Fsp3) is 0.268. The van der Waals surface area contributed by atoms with E-state index in [0.717, 1.165) is 66.7 Å². The molecule has 4 nitrogen and oxygen atoms in total. The Morgan fingerprint density at radius 2 is 1.56 bits per heavy atom. The second-order valence-electron chi connectivity index (χ2n) is 13.4. The number of hydrogen-bond donors (Lipinski definition) is 1. The highest BCUT2D eigenvalue weighted by Gasteiger charge is 2.49. The number of ketones is 1. The highest BCUT2D eigenvalue weighted by atomic mass is 16.3. The van der Waals surface area contributed by atoms with E-state index in [1.54, 1.807) is 0 Å². The second kappa shape index (κ2) is 10.7. The minimum atomic E-state index is -0.165. The number of hydrogen-bond acceptors (Lipinski definition) is 4. The maximum Gasteiger partial charge on any atom is 0.201 e. The number of allylic oxidation sites excluding steroid dienone is 5. The summed E-state index contributed by atoms with van der Waals surface area (Å²) in [5, 5.41) is 14.3. The third-order valence-electron chi connectivity index (χ3n) is 10.3. The van der Waals surface area contributed by atoms with Crippen LogP contribution in [0.3, 0.4) is 0 Å². The molecule has 45 heavy (non-hydrogen) atoms. The first-order valence-corrected chi connectivity index (χ1v) is 16.5. The summed E-state index contributed by atoms with van der Waals surface area (Å²) in [4.78, 5) is 21.7. The Balaban J connectivity index is 1.31. The molecule has 4 aromatic carbocycles. The number of nitrogens with zero attached hydrogens (tertiary/aromatic N) is 2. The van der Waals surface area contributed by atoms with Gasteiger partial charge in [0.15, 0.2) is 0 Å². The van der Waals surface area contributed by atoms with Gasteiger partial charge in [-0.25, -0.2) is 4.99 Å². The third-order valence-corrected chi connectivity index (χ3v) is 10.3. The maximum atomic E-state index is 14.2. The van der Waals surface area contributed by atoms with E-state index < -0.39 is 0 Å². The number of carbonyl (C=O) groups excluding carboxylic acids is 1. The molecule has 0 amide bonds. The Kier molecular flexibility index (Phi) is 6.63. The van der Waals surface area contributed by atoms with Crippen LogP contribution in [0.25, 0.3) is 16.3 Å². The van der Waals surface area contributed by atoms with Crippen LogP contribution in [-0.2, 0) is 10.2 Å². The molecule has 1 N–H and O–H groups in total. The first-order chi connectivity index (χ1) is 22.0. The molecule has 4 aliphatic rings. The van der Waals surface area contributed by atoms with Crippen molar-refractivity contribution in [2.45, 2.75) is 57.8 Å². The van der Waals surface area contributed by atoms with Gasteiger partial charge in [0.1, 0.15) is 5.76 Å². The predicted octanol–water partition coefficient (Wildman–Crippen LogP) is 9.77. The monoisotopic (exact) mass is 590 g/mol. The van der Waals surface area contributed by atoms with Crippen molar-refractivity contribution in [3.63, 3.8) is 0 Å². The molecule has 0 radical (unpaired) electrons. The Hall–Kier alpha value is -4.70. The number of aliphatic imine (C=N–C) groups is 1. The van der Waals surface area contributed by atoms with Gasteiger partial charge in [0.25, 0.3) is 0 Å². The van der Waals surface area contributed by atoms with Crippen molar-refractivity contribution in [2.75, 3.05) is 11.4 Å². The number of Topliss-reactive ketones (excluding diaryl/α,β-unsaturated/α-hetero) is 1. The average Bonchev–Trinajstić information content (AvgIpc) is 3.55. The zero-order valence-corrected chi connectivity index (χ0v) is 26.0. The third kappa shape index (κ3) is 4.34. The minimum Gasteiger partial charge on any atom is -0.506 e. The van der Waals surface area contributed by atoms with Gasteiger partial charge in [-0.15, -0.1) is 0 Å². The van der Waals surface area contributed by atoms with E-state index in [2.05, 4.69) is 61.2 Å². The number of benzene rings is 4. The van der Waals surface area contributed by atoms with Crippen molar-refractivity contribution >= 4 is 39.2 Å². The number of fused-ring (bicyclic) bond motifs is 4. The van der Waals surface area contributed by atoms with Crippen molar-refractivity contribution in [2.24, 2.45) is 10.9 Å². The lowest BCUT2D eigenvalue weighted by Gasteiger charge is -2.38. The topological polar surface area (TPSA) is 52.9 Å². The highest BCUT2D eigenvalue weighted by molar-refractivity contribution is 6.43. The summed E-state index contributed by atoms with van der Waals surface area (Å²) < 4.78 is 0. The lowest BCUT2D eigenvalue weighted by Crippen LogP contribution is -2.35. The predicted molar refractivity (Wildman–Crippen MR) is 184 cm³/mol. The lowest BCUT2D eigenvalue weighted by molar-refractivity contribution is -0.113. The number of carbonyl (C=O) groups is 1. The number of anilines is 1. The number of aliphatic hydroxyl groups is 1. The van der Waals surface area contributed by atoms with Gasteiger partial charge < -0.3 is 10.0 Å². The minimum absolute atomic E-state index is 0.0821. The molecule has 0 atom stereocenters. The maximum absolute atomic E-state index is 14.2. The molecule has 4 heteroatoms. The van der Waals surface area contributed by atoms with Gasteiger partial charge in [-0.05, 0) is 65.8 Å². The van der Waals surface area contributed by atoms with Crippen LogP contribution in [0.15, 0.2) is 125 Å². The Morgan fingerprint density at radius 1 is 0.867 bits per heavy atom. The van der Waals surface area contributed by atoms with Gasteiger partial charge in [-0.3, -0.25) is 4.79 Å². The fourth-order valence-corrected chi connectivity index (χ4v) is 7.95. The Labute approximate surface area is 265 Å². The van der Waals surface area contributed by atoms with Crippen LogP contribution in [0.4, 0.5) is 11.4 Å². The fourth-order valence-electron chi connectivity index (χ4n) is 7.95. The van der Waals surface area contributed by atoms with Crippen LogP contribution in [-0.4, -0.2) is 23.1 Å². The number of para-hydroxylation sites is 1. The van der Waals surface area contributed by atoms with Gasteiger partial charge in [0.05, 0.1) is 22.5 Å². The molecular weight excluding hydrogens is 552 g/mol. The van der Waals surface area contributed by atoms with Crippen molar-refractivity contribution in [1.82, 2.24) is 0 Å². The van der Waals surface area contributed by atoms with E-state index in [0.29, 0.717) is 17.1 Å². The van der Waals surface area contributed by atoms with E-state index in [-0.39, 0.29) is 17.0 Å². The van der Waals surface area contributed by atoms with E-state index in [1.165, 1.54) is 34.1 Å². The number of rotatable bonds is 5. The highest BCUT2D eigenvalue weighted by Crippen LogP contribution is 2.57. The van der Waals surface area contributed by atoms with Crippen LogP contribution in [0.5, 0.6) is 0 Å². The summed E-state index contributed by atoms with van der Waals surface area (Å²) in [5.74, 6) is 0.524. The molecule has 0 unspecified atom stereocenters.